The Labute approximate surface area is 161 Å². The summed E-state index contributed by atoms with van der Waals surface area (Å²) < 4.78 is 0. The Morgan fingerprint density at radius 2 is 1.78 bits per heavy atom. The molecule has 1 saturated heterocycles. The van der Waals surface area contributed by atoms with Gasteiger partial charge in [0.05, 0.1) is 17.3 Å². The van der Waals surface area contributed by atoms with Crippen LogP contribution in [0.25, 0.3) is 0 Å². The van der Waals surface area contributed by atoms with Crippen LogP contribution in [0.2, 0.25) is 0 Å². The average Bonchev–Trinajstić information content (AvgIpc) is 3.29. The van der Waals surface area contributed by atoms with Crippen molar-refractivity contribution in [1.82, 2.24) is 4.98 Å². The van der Waals surface area contributed by atoms with Crippen molar-refractivity contribution < 1.29 is 9.59 Å². The van der Waals surface area contributed by atoms with Crippen molar-refractivity contribution in [3.63, 3.8) is 0 Å². The summed E-state index contributed by atoms with van der Waals surface area (Å²) in [5.74, 6) is -0.521. The molecule has 0 radical (unpaired) electrons. The molecule has 136 valence electrons. The minimum atomic E-state index is -0.401. The molecule has 1 aromatic heterocycles. The Morgan fingerprint density at radius 3 is 2.41 bits per heavy atom. The van der Waals surface area contributed by atoms with Crippen LogP contribution in [0.4, 0.5) is 16.5 Å². The van der Waals surface area contributed by atoms with Crippen LogP contribution >= 0.6 is 11.3 Å². The SMILES string of the molecule is Cc1csc(N(C(=O)C2CC(=O)N(c3ccccc3)C2)c2ccccc2)n1. The van der Waals surface area contributed by atoms with E-state index < -0.39 is 5.92 Å². The zero-order chi connectivity index (χ0) is 18.8. The van der Waals surface area contributed by atoms with Gasteiger partial charge in [-0.05, 0) is 31.2 Å². The van der Waals surface area contributed by atoms with Crippen molar-refractivity contribution in [3.05, 3.63) is 71.7 Å². The number of thiazole rings is 1. The van der Waals surface area contributed by atoms with Gasteiger partial charge in [-0.2, -0.15) is 0 Å². The number of para-hydroxylation sites is 2. The number of carbonyl (C=O) groups excluding carboxylic acids is 2. The zero-order valence-corrected chi connectivity index (χ0v) is 15.7. The van der Waals surface area contributed by atoms with E-state index in [0.29, 0.717) is 11.7 Å². The first-order valence-electron chi connectivity index (χ1n) is 8.80. The minimum Gasteiger partial charge on any atom is -0.312 e. The van der Waals surface area contributed by atoms with Crippen LogP contribution in [0.5, 0.6) is 0 Å². The Morgan fingerprint density at radius 1 is 1.11 bits per heavy atom. The number of benzene rings is 2. The second-order valence-corrected chi connectivity index (χ2v) is 7.36. The molecule has 5 nitrogen and oxygen atoms in total. The summed E-state index contributed by atoms with van der Waals surface area (Å²) >= 11 is 1.43. The Bertz CT molecular complexity index is 956. The number of hydrogen-bond donors (Lipinski definition) is 0. The van der Waals surface area contributed by atoms with E-state index in [1.807, 2.05) is 73.0 Å². The molecule has 2 amide bonds. The summed E-state index contributed by atoms with van der Waals surface area (Å²) in [5, 5.41) is 2.56. The van der Waals surface area contributed by atoms with Gasteiger partial charge in [0.1, 0.15) is 0 Å². The van der Waals surface area contributed by atoms with Gasteiger partial charge in [-0.1, -0.05) is 36.4 Å². The molecular weight excluding hydrogens is 358 g/mol. The second kappa shape index (κ2) is 7.32. The van der Waals surface area contributed by atoms with Gasteiger partial charge in [0.15, 0.2) is 5.13 Å². The lowest BCUT2D eigenvalue weighted by atomic mass is 10.1. The van der Waals surface area contributed by atoms with Crippen LogP contribution in [0, 0.1) is 12.8 Å². The summed E-state index contributed by atoms with van der Waals surface area (Å²) in [4.78, 5) is 33.8. The highest BCUT2D eigenvalue weighted by molar-refractivity contribution is 7.14. The summed E-state index contributed by atoms with van der Waals surface area (Å²) in [6.07, 6.45) is 0.210. The van der Waals surface area contributed by atoms with Crippen molar-refractivity contribution in [1.29, 1.82) is 0 Å². The molecule has 1 fully saturated rings. The maximum atomic E-state index is 13.4. The van der Waals surface area contributed by atoms with Crippen molar-refractivity contribution in [2.75, 3.05) is 16.3 Å². The highest BCUT2D eigenvalue weighted by Gasteiger charge is 2.38. The lowest BCUT2D eigenvalue weighted by molar-refractivity contribution is -0.123. The van der Waals surface area contributed by atoms with E-state index in [0.717, 1.165) is 17.1 Å². The largest absolute Gasteiger partial charge is 0.312 e. The first-order valence-corrected chi connectivity index (χ1v) is 9.68. The van der Waals surface area contributed by atoms with E-state index in [2.05, 4.69) is 4.98 Å². The van der Waals surface area contributed by atoms with Crippen molar-refractivity contribution in [2.24, 2.45) is 5.92 Å². The number of nitrogens with zero attached hydrogens (tertiary/aromatic N) is 3. The smallest absolute Gasteiger partial charge is 0.238 e. The van der Waals surface area contributed by atoms with E-state index in [4.69, 9.17) is 0 Å². The van der Waals surface area contributed by atoms with Gasteiger partial charge in [-0.15, -0.1) is 11.3 Å². The molecule has 0 N–H and O–H groups in total. The monoisotopic (exact) mass is 377 g/mol. The van der Waals surface area contributed by atoms with E-state index in [9.17, 15) is 9.59 Å². The van der Waals surface area contributed by atoms with E-state index >= 15 is 0 Å². The van der Waals surface area contributed by atoms with Crippen LogP contribution in [0.3, 0.4) is 0 Å². The summed E-state index contributed by atoms with van der Waals surface area (Å²) in [5.41, 5.74) is 2.47. The molecule has 1 aliphatic heterocycles. The Kier molecular flexibility index (Phi) is 4.73. The first kappa shape index (κ1) is 17.4. The number of carbonyl (C=O) groups is 2. The average molecular weight is 377 g/mol. The van der Waals surface area contributed by atoms with E-state index in [1.54, 1.807) is 9.80 Å². The normalized spacial score (nSPS) is 16.6. The molecule has 0 saturated carbocycles. The van der Waals surface area contributed by atoms with Crippen LogP contribution in [0.1, 0.15) is 12.1 Å². The fraction of sp³-hybridized carbons (Fsp3) is 0.190. The molecule has 1 unspecified atom stereocenters. The van der Waals surface area contributed by atoms with Crippen molar-refractivity contribution in [3.8, 4) is 0 Å². The minimum absolute atomic E-state index is 0.0251. The predicted molar refractivity (Wildman–Crippen MR) is 107 cm³/mol. The van der Waals surface area contributed by atoms with Crippen LogP contribution in [-0.4, -0.2) is 23.3 Å². The molecule has 6 heteroatoms. The lowest BCUT2D eigenvalue weighted by Crippen LogP contribution is -2.34. The highest BCUT2D eigenvalue weighted by atomic mass is 32.1. The lowest BCUT2D eigenvalue weighted by Gasteiger charge is -2.23. The van der Waals surface area contributed by atoms with Gasteiger partial charge < -0.3 is 4.90 Å². The fourth-order valence-electron chi connectivity index (χ4n) is 3.27. The highest BCUT2D eigenvalue weighted by Crippen LogP contribution is 2.33. The summed E-state index contributed by atoms with van der Waals surface area (Å²) in [6, 6.07) is 19.0. The number of rotatable bonds is 4. The Balaban J connectivity index is 1.64. The van der Waals surface area contributed by atoms with Gasteiger partial charge >= 0.3 is 0 Å². The number of aromatic nitrogens is 1. The molecule has 3 aromatic rings. The molecular formula is C21H19N3O2S. The standard InChI is InChI=1S/C21H19N3O2S/c1-15-14-27-21(22-15)24(18-10-6-3-7-11-18)20(26)16-12-19(25)23(13-16)17-8-4-2-5-9-17/h2-11,14,16H,12-13H2,1H3. The topological polar surface area (TPSA) is 53.5 Å². The van der Waals surface area contributed by atoms with E-state index in [1.165, 1.54) is 11.3 Å². The molecule has 1 aliphatic rings. The number of aryl methyl sites for hydroxylation is 1. The van der Waals surface area contributed by atoms with Crippen LogP contribution in [-0.2, 0) is 9.59 Å². The molecule has 0 aliphatic carbocycles. The van der Waals surface area contributed by atoms with Crippen LogP contribution in [0.15, 0.2) is 66.0 Å². The number of anilines is 3. The predicted octanol–water partition coefficient (Wildman–Crippen LogP) is 4.17. The van der Waals surface area contributed by atoms with Gasteiger partial charge in [0, 0.05) is 24.0 Å². The van der Waals surface area contributed by atoms with E-state index in [-0.39, 0.29) is 18.2 Å². The first-order chi connectivity index (χ1) is 13.1. The molecule has 1 atom stereocenters. The van der Waals surface area contributed by atoms with Gasteiger partial charge in [0.2, 0.25) is 11.8 Å². The summed E-state index contributed by atoms with van der Waals surface area (Å²) in [7, 11) is 0. The third-order valence-corrected chi connectivity index (χ3v) is 5.52. The Hall–Kier alpha value is -2.99. The van der Waals surface area contributed by atoms with Crippen molar-refractivity contribution in [2.45, 2.75) is 13.3 Å². The van der Waals surface area contributed by atoms with Crippen LogP contribution < -0.4 is 9.80 Å². The number of hydrogen-bond acceptors (Lipinski definition) is 4. The van der Waals surface area contributed by atoms with Crippen molar-refractivity contribution >= 4 is 39.7 Å². The molecule has 2 heterocycles. The molecule has 2 aromatic carbocycles. The fourth-order valence-corrected chi connectivity index (χ4v) is 4.09. The van der Waals surface area contributed by atoms with Gasteiger partial charge in [-0.25, -0.2) is 4.98 Å². The molecule has 0 bridgehead atoms. The molecule has 0 spiro atoms. The third-order valence-electron chi connectivity index (χ3n) is 4.58. The maximum absolute atomic E-state index is 13.4. The third kappa shape index (κ3) is 3.48. The second-order valence-electron chi connectivity index (χ2n) is 6.52. The number of amides is 2. The molecule has 4 rings (SSSR count). The summed E-state index contributed by atoms with van der Waals surface area (Å²) in [6.45, 7) is 2.29. The maximum Gasteiger partial charge on any atom is 0.238 e. The van der Waals surface area contributed by atoms with Gasteiger partial charge in [0.25, 0.3) is 0 Å². The van der Waals surface area contributed by atoms with Gasteiger partial charge in [-0.3, -0.25) is 14.5 Å². The molecule has 27 heavy (non-hydrogen) atoms. The zero-order valence-electron chi connectivity index (χ0n) is 14.9. The quantitative estimate of drug-likeness (QED) is 0.686.